The van der Waals surface area contributed by atoms with E-state index < -0.39 is 0 Å². The van der Waals surface area contributed by atoms with Crippen molar-refractivity contribution < 1.29 is 4.74 Å². The van der Waals surface area contributed by atoms with Crippen LogP contribution in [-0.4, -0.2) is 42.8 Å². The third kappa shape index (κ3) is 4.29. The van der Waals surface area contributed by atoms with Crippen molar-refractivity contribution in [3.05, 3.63) is 35.4 Å². The first kappa shape index (κ1) is 15.0. The molecule has 1 heterocycles. The summed E-state index contributed by atoms with van der Waals surface area (Å²) in [5, 5.41) is 3.62. The fourth-order valence-corrected chi connectivity index (χ4v) is 3.07. The van der Waals surface area contributed by atoms with Crippen molar-refractivity contribution in [3.8, 4) is 0 Å². The van der Waals surface area contributed by atoms with E-state index >= 15 is 0 Å². The topological polar surface area (TPSA) is 24.5 Å². The lowest BCUT2D eigenvalue weighted by Crippen LogP contribution is -2.46. The lowest BCUT2D eigenvalue weighted by molar-refractivity contribution is -0.0527. The smallest absolute Gasteiger partial charge is 0.0674 e. The molecule has 3 nitrogen and oxygen atoms in total. The van der Waals surface area contributed by atoms with Crippen LogP contribution in [0.2, 0.25) is 0 Å². The van der Waals surface area contributed by atoms with E-state index in [0.717, 1.165) is 38.7 Å². The minimum atomic E-state index is 0.352. The van der Waals surface area contributed by atoms with Gasteiger partial charge in [-0.1, -0.05) is 24.3 Å². The minimum Gasteiger partial charge on any atom is -0.376 e. The third-order valence-electron chi connectivity index (χ3n) is 4.63. The summed E-state index contributed by atoms with van der Waals surface area (Å²) in [5.74, 6) is 0. The molecule has 1 N–H and O–H groups in total. The van der Waals surface area contributed by atoms with E-state index in [4.69, 9.17) is 4.74 Å². The summed E-state index contributed by atoms with van der Waals surface area (Å²) >= 11 is 0. The average Bonchev–Trinajstić information content (AvgIpc) is 3.29. The number of rotatable bonds is 6. The van der Waals surface area contributed by atoms with Gasteiger partial charge in [0, 0.05) is 25.2 Å². The first-order chi connectivity index (χ1) is 10.2. The van der Waals surface area contributed by atoms with Gasteiger partial charge < -0.3 is 10.1 Å². The number of benzene rings is 1. The predicted octanol–water partition coefficient (Wildman–Crippen LogP) is 2.59. The second-order valence-corrected chi connectivity index (χ2v) is 6.67. The van der Waals surface area contributed by atoms with Crippen LogP contribution in [0.15, 0.2) is 24.3 Å². The highest BCUT2D eigenvalue weighted by Gasteiger charge is 2.24. The molecule has 0 amide bonds. The molecular weight excluding hydrogens is 260 g/mol. The molecule has 0 bridgehead atoms. The number of morpholine rings is 1. The van der Waals surface area contributed by atoms with Gasteiger partial charge in [0.05, 0.1) is 12.7 Å². The largest absolute Gasteiger partial charge is 0.376 e. The summed E-state index contributed by atoms with van der Waals surface area (Å²) in [6.07, 6.45) is 4.22. The number of hydrogen-bond acceptors (Lipinski definition) is 3. The van der Waals surface area contributed by atoms with Crippen molar-refractivity contribution in [2.45, 2.75) is 57.8 Å². The Kier molecular flexibility index (Phi) is 4.94. The van der Waals surface area contributed by atoms with Crippen LogP contribution in [-0.2, 0) is 17.7 Å². The van der Waals surface area contributed by atoms with Gasteiger partial charge in [0.25, 0.3) is 0 Å². The first-order valence-corrected chi connectivity index (χ1v) is 8.38. The molecule has 1 aliphatic carbocycles. The van der Waals surface area contributed by atoms with Crippen LogP contribution >= 0.6 is 0 Å². The molecule has 21 heavy (non-hydrogen) atoms. The normalized spacial score (nSPS) is 27.0. The summed E-state index contributed by atoms with van der Waals surface area (Å²) in [4.78, 5) is 2.56. The zero-order chi connectivity index (χ0) is 14.7. The Morgan fingerprint density at radius 1 is 1.19 bits per heavy atom. The van der Waals surface area contributed by atoms with E-state index in [0.29, 0.717) is 12.1 Å². The fraction of sp³-hybridized carbons (Fsp3) is 0.667. The van der Waals surface area contributed by atoms with E-state index in [-0.39, 0.29) is 0 Å². The summed E-state index contributed by atoms with van der Waals surface area (Å²) in [6, 6.07) is 10.2. The van der Waals surface area contributed by atoms with Gasteiger partial charge in [-0.15, -0.1) is 0 Å². The van der Waals surface area contributed by atoms with Gasteiger partial charge in [-0.05, 0) is 50.8 Å². The van der Waals surface area contributed by atoms with Gasteiger partial charge in [0.2, 0.25) is 0 Å². The van der Waals surface area contributed by atoms with Crippen molar-refractivity contribution in [2.75, 3.05) is 19.7 Å². The molecule has 2 atom stereocenters. The molecule has 0 aromatic heterocycles. The highest BCUT2D eigenvalue weighted by Crippen LogP contribution is 2.20. The zero-order valence-electron chi connectivity index (χ0n) is 13.3. The second kappa shape index (κ2) is 6.91. The molecule has 0 spiro atoms. The van der Waals surface area contributed by atoms with Gasteiger partial charge in [-0.2, -0.15) is 0 Å². The minimum absolute atomic E-state index is 0.352. The molecule has 1 aromatic rings. The van der Waals surface area contributed by atoms with Gasteiger partial charge in [-0.25, -0.2) is 0 Å². The number of nitrogens with zero attached hydrogens (tertiary/aromatic N) is 1. The SMILES string of the molecule is CC1CN(Cc2ccccc2CCNC2CC2)C(C)CO1. The maximum atomic E-state index is 5.73. The molecule has 2 unspecified atom stereocenters. The molecule has 1 aromatic carbocycles. The highest BCUT2D eigenvalue weighted by molar-refractivity contribution is 5.27. The predicted molar refractivity (Wildman–Crippen MR) is 86.5 cm³/mol. The molecule has 116 valence electrons. The number of nitrogens with one attached hydrogen (secondary N) is 1. The molecule has 0 radical (unpaired) electrons. The highest BCUT2D eigenvalue weighted by atomic mass is 16.5. The molecule has 2 fully saturated rings. The lowest BCUT2D eigenvalue weighted by atomic mass is 10.0. The van der Waals surface area contributed by atoms with Crippen molar-refractivity contribution in [3.63, 3.8) is 0 Å². The van der Waals surface area contributed by atoms with Crippen LogP contribution in [0.5, 0.6) is 0 Å². The standard InChI is InChI=1S/C18H28N2O/c1-14-13-21-15(2)11-20(14)12-17-6-4-3-5-16(17)9-10-19-18-7-8-18/h3-6,14-15,18-19H,7-13H2,1-2H3. The Balaban J connectivity index is 1.60. The number of ether oxygens (including phenoxy) is 1. The van der Waals surface area contributed by atoms with E-state index in [9.17, 15) is 0 Å². The third-order valence-corrected chi connectivity index (χ3v) is 4.63. The van der Waals surface area contributed by atoms with Crippen LogP contribution < -0.4 is 5.32 Å². The second-order valence-electron chi connectivity index (χ2n) is 6.67. The van der Waals surface area contributed by atoms with Gasteiger partial charge >= 0.3 is 0 Å². The van der Waals surface area contributed by atoms with E-state index in [1.807, 2.05) is 0 Å². The van der Waals surface area contributed by atoms with Crippen LogP contribution in [0.4, 0.5) is 0 Å². The van der Waals surface area contributed by atoms with Crippen LogP contribution in [0.3, 0.4) is 0 Å². The summed E-state index contributed by atoms with van der Waals surface area (Å²) in [7, 11) is 0. The Morgan fingerprint density at radius 2 is 1.95 bits per heavy atom. The maximum absolute atomic E-state index is 5.73. The fourth-order valence-electron chi connectivity index (χ4n) is 3.07. The van der Waals surface area contributed by atoms with Crippen LogP contribution in [0, 0.1) is 0 Å². The molecule has 3 heteroatoms. The summed E-state index contributed by atoms with van der Waals surface area (Å²) < 4.78 is 5.73. The van der Waals surface area contributed by atoms with Crippen LogP contribution in [0.1, 0.15) is 37.8 Å². The Labute approximate surface area is 128 Å². The Bertz CT molecular complexity index is 458. The van der Waals surface area contributed by atoms with Gasteiger partial charge in [0.15, 0.2) is 0 Å². The quantitative estimate of drug-likeness (QED) is 0.871. The van der Waals surface area contributed by atoms with Crippen LogP contribution in [0.25, 0.3) is 0 Å². The molecule has 1 aliphatic heterocycles. The zero-order valence-corrected chi connectivity index (χ0v) is 13.3. The molecule has 1 saturated heterocycles. The van der Waals surface area contributed by atoms with Crippen molar-refractivity contribution in [1.82, 2.24) is 10.2 Å². The van der Waals surface area contributed by atoms with E-state index in [1.54, 1.807) is 0 Å². The first-order valence-electron chi connectivity index (χ1n) is 8.38. The van der Waals surface area contributed by atoms with Crippen molar-refractivity contribution in [1.29, 1.82) is 0 Å². The van der Waals surface area contributed by atoms with Crippen molar-refractivity contribution >= 4 is 0 Å². The summed E-state index contributed by atoms with van der Waals surface area (Å²) in [5.41, 5.74) is 2.98. The van der Waals surface area contributed by atoms with Gasteiger partial charge in [-0.3, -0.25) is 4.90 Å². The van der Waals surface area contributed by atoms with E-state index in [1.165, 1.54) is 24.0 Å². The summed E-state index contributed by atoms with van der Waals surface area (Å²) in [6.45, 7) is 8.49. The molecular formula is C18H28N2O. The number of hydrogen-bond donors (Lipinski definition) is 1. The average molecular weight is 288 g/mol. The van der Waals surface area contributed by atoms with Crippen molar-refractivity contribution in [2.24, 2.45) is 0 Å². The van der Waals surface area contributed by atoms with Gasteiger partial charge in [0.1, 0.15) is 0 Å². The lowest BCUT2D eigenvalue weighted by Gasteiger charge is -2.37. The Hall–Kier alpha value is -0.900. The van der Waals surface area contributed by atoms with E-state index in [2.05, 4.69) is 48.3 Å². The molecule has 1 saturated carbocycles. The monoisotopic (exact) mass is 288 g/mol. The maximum Gasteiger partial charge on any atom is 0.0674 e. The molecule has 2 aliphatic rings. The molecule has 3 rings (SSSR count). The Morgan fingerprint density at radius 3 is 2.71 bits per heavy atom.